The molecule has 7 heteroatoms. The molecule has 2 rings (SSSR count). The van der Waals surface area contributed by atoms with E-state index in [2.05, 4.69) is 15.4 Å². The maximum absolute atomic E-state index is 13.0. The fourth-order valence-corrected chi connectivity index (χ4v) is 1.95. The third-order valence-electron chi connectivity index (χ3n) is 2.64. The van der Waals surface area contributed by atoms with Gasteiger partial charge in [-0.25, -0.2) is 20.2 Å². The highest BCUT2D eigenvalue weighted by molar-refractivity contribution is 6.32. The second kappa shape index (κ2) is 6.49. The molecule has 0 radical (unpaired) electrons. The van der Waals surface area contributed by atoms with Gasteiger partial charge in [-0.3, -0.25) is 0 Å². The molecular formula is C13H14ClFN4O. The molecule has 0 amide bonds. The molecule has 1 aromatic carbocycles. The van der Waals surface area contributed by atoms with Crippen molar-refractivity contribution in [3.8, 4) is 11.6 Å². The second-order valence-electron chi connectivity index (χ2n) is 4.08. The first kappa shape index (κ1) is 14.5. The highest BCUT2D eigenvalue weighted by atomic mass is 35.5. The topological polar surface area (TPSA) is 73.1 Å². The number of hydrazine groups is 1. The Morgan fingerprint density at radius 2 is 2.20 bits per heavy atom. The van der Waals surface area contributed by atoms with Gasteiger partial charge in [-0.2, -0.15) is 0 Å². The van der Waals surface area contributed by atoms with Crippen molar-refractivity contribution >= 4 is 17.4 Å². The van der Waals surface area contributed by atoms with Gasteiger partial charge in [0.1, 0.15) is 23.7 Å². The molecule has 106 valence electrons. The Balaban J connectivity index is 2.37. The van der Waals surface area contributed by atoms with E-state index in [-0.39, 0.29) is 5.02 Å². The van der Waals surface area contributed by atoms with E-state index in [0.29, 0.717) is 23.9 Å². The summed E-state index contributed by atoms with van der Waals surface area (Å²) in [5.74, 6) is 6.17. The highest BCUT2D eigenvalue weighted by Crippen LogP contribution is 2.32. The van der Waals surface area contributed by atoms with E-state index in [9.17, 15) is 4.39 Å². The summed E-state index contributed by atoms with van der Waals surface area (Å²) in [5, 5.41) is 0.174. The van der Waals surface area contributed by atoms with Crippen molar-refractivity contribution in [3.63, 3.8) is 0 Å². The summed E-state index contributed by atoms with van der Waals surface area (Å²) in [5.41, 5.74) is 3.25. The number of nitrogens with zero attached hydrogens (tertiary/aromatic N) is 2. The Bertz CT molecular complexity index is 609. The van der Waals surface area contributed by atoms with Crippen LogP contribution in [0.5, 0.6) is 11.6 Å². The van der Waals surface area contributed by atoms with E-state index >= 15 is 0 Å². The van der Waals surface area contributed by atoms with Crippen LogP contribution < -0.4 is 16.0 Å². The Kier molecular flexibility index (Phi) is 4.70. The third kappa shape index (κ3) is 3.15. The van der Waals surface area contributed by atoms with Crippen LogP contribution in [0.2, 0.25) is 5.02 Å². The van der Waals surface area contributed by atoms with Gasteiger partial charge in [0.15, 0.2) is 0 Å². The van der Waals surface area contributed by atoms with Crippen molar-refractivity contribution in [2.75, 3.05) is 5.43 Å². The summed E-state index contributed by atoms with van der Waals surface area (Å²) < 4.78 is 18.7. The van der Waals surface area contributed by atoms with Crippen LogP contribution in [0.1, 0.15) is 18.9 Å². The van der Waals surface area contributed by atoms with Crippen molar-refractivity contribution in [1.82, 2.24) is 9.97 Å². The monoisotopic (exact) mass is 296 g/mol. The zero-order chi connectivity index (χ0) is 14.5. The number of nitrogens with two attached hydrogens (primary N) is 1. The SMILES string of the molecule is CCCc1c(NN)ncnc1Oc1ccc(F)cc1Cl. The maximum atomic E-state index is 13.0. The Hall–Kier alpha value is -1.92. The average Bonchev–Trinajstić information content (AvgIpc) is 2.43. The van der Waals surface area contributed by atoms with Crippen LogP contribution in [-0.2, 0) is 6.42 Å². The first-order valence-corrected chi connectivity index (χ1v) is 6.47. The quantitative estimate of drug-likeness (QED) is 0.654. The van der Waals surface area contributed by atoms with Crippen molar-refractivity contribution in [3.05, 3.63) is 40.9 Å². The van der Waals surface area contributed by atoms with Crippen LogP contribution in [0.4, 0.5) is 10.2 Å². The Morgan fingerprint density at radius 1 is 1.40 bits per heavy atom. The third-order valence-corrected chi connectivity index (χ3v) is 2.94. The standard InChI is InChI=1S/C13H14ClFN4O/c1-2-3-9-12(19-16)17-7-18-13(9)20-11-5-4-8(15)6-10(11)14/h4-7H,2-3,16H2,1H3,(H,17,18,19). The Morgan fingerprint density at radius 3 is 2.85 bits per heavy atom. The van der Waals surface area contributed by atoms with Crippen LogP contribution in [0.15, 0.2) is 24.5 Å². The van der Waals surface area contributed by atoms with Crippen LogP contribution >= 0.6 is 11.6 Å². The lowest BCUT2D eigenvalue weighted by atomic mass is 10.2. The minimum Gasteiger partial charge on any atom is -0.437 e. The number of aromatic nitrogens is 2. The summed E-state index contributed by atoms with van der Waals surface area (Å²) in [6.45, 7) is 2.02. The molecular weight excluding hydrogens is 283 g/mol. The number of nitrogen functional groups attached to an aromatic ring is 1. The summed E-state index contributed by atoms with van der Waals surface area (Å²) in [6.07, 6.45) is 2.89. The molecule has 1 heterocycles. The summed E-state index contributed by atoms with van der Waals surface area (Å²) in [4.78, 5) is 8.12. The van der Waals surface area contributed by atoms with E-state index in [1.807, 2.05) is 6.92 Å². The van der Waals surface area contributed by atoms with Gasteiger partial charge < -0.3 is 10.2 Å². The normalized spacial score (nSPS) is 10.4. The van der Waals surface area contributed by atoms with Gasteiger partial charge in [0, 0.05) is 0 Å². The molecule has 0 saturated heterocycles. The number of hydrogen-bond acceptors (Lipinski definition) is 5. The predicted molar refractivity (Wildman–Crippen MR) is 75.3 cm³/mol. The number of hydrogen-bond donors (Lipinski definition) is 2. The lowest BCUT2D eigenvalue weighted by molar-refractivity contribution is 0.453. The summed E-state index contributed by atoms with van der Waals surface area (Å²) in [7, 11) is 0. The van der Waals surface area contributed by atoms with E-state index in [0.717, 1.165) is 12.0 Å². The average molecular weight is 297 g/mol. The van der Waals surface area contributed by atoms with E-state index < -0.39 is 5.82 Å². The van der Waals surface area contributed by atoms with Crippen LogP contribution in [0.25, 0.3) is 0 Å². The molecule has 5 nitrogen and oxygen atoms in total. The minimum atomic E-state index is -0.428. The smallest absolute Gasteiger partial charge is 0.227 e. The molecule has 20 heavy (non-hydrogen) atoms. The second-order valence-corrected chi connectivity index (χ2v) is 4.48. The van der Waals surface area contributed by atoms with E-state index in [4.69, 9.17) is 22.2 Å². The minimum absolute atomic E-state index is 0.174. The van der Waals surface area contributed by atoms with Gasteiger partial charge in [0.2, 0.25) is 5.88 Å². The molecule has 0 spiro atoms. The number of benzene rings is 1. The number of ether oxygens (including phenoxy) is 1. The largest absolute Gasteiger partial charge is 0.437 e. The molecule has 0 fully saturated rings. The summed E-state index contributed by atoms with van der Waals surface area (Å²) in [6, 6.07) is 3.90. The lowest BCUT2D eigenvalue weighted by Crippen LogP contribution is -2.12. The number of rotatable bonds is 5. The predicted octanol–water partition coefficient (Wildman–Crippen LogP) is 3.30. The van der Waals surface area contributed by atoms with Crippen molar-refractivity contribution in [2.24, 2.45) is 5.84 Å². The van der Waals surface area contributed by atoms with Crippen LogP contribution in [0.3, 0.4) is 0 Å². The molecule has 0 aliphatic rings. The first-order valence-electron chi connectivity index (χ1n) is 6.09. The molecule has 1 aromatic heterocycles. The first-order chi connectivity index (χ1) is 9.65. The molecule has 0 saturated carbocycles. The van der Waals surface area contributed by atoms with Gasteiger partial charge in [-0.05, 0) is 24.6 Å². The van der Waals surface area contributed by atoms with Gasteiger partial charge >= 0.3 is 0 Å². The van der Waals surface area contributed by atoms with Crippen LogP contribution in [-0.4, -0.2) is 9.97 Å². The van der Waals surface area contributed by atoms with E-state index in [1.54, 1.807) is 0 Å². The molecule has 0 aliphatic heterocycles. The van der Waals surface area contributed by atoms with Crippen LogP contribution in [0, 0.1) is 5.82 Å². The molecule has 2 aromatic rings. The lowest BCUT2D eigenvalue weighted by Gasteiger charge is -2.13. The highest BCUT2D eigenvalue weighted by Gasteiger charge is 2.13. The molecule has 0 aliphatic carbocycles. The van der Waals surface area contributed by atoms with Gasteiger partial charge in [0.25, 0.3) is 0 Å². The van der Waals surface area contributed by atoms with Crippen molar-refractivity contribution in [1.29, 1.82) is 0 Å². The fourth-order valence-electron chi connectivity index (χ4n) is 1.75. The van der Waals surface area contributed by atoms with Gasteiger partial charge in [-0.15, -0.1) is 0 Å². The van der Waals surface area contributed by atoms with Gasteiger partial charge in [0.05, 0.1) is 10.6 Å². The molecule has 0 atom stereocenters. The zero-order valence-corrected chi connectivity index (χ0v) is 11.6. The number of halogens is 2. The number of anilines is 1. The Labute approximate surface area is 120 Å². The maximum Gasteiger partial charge on any atom is 0.227 e. The molecule has 0 unspecified atom stereocenters. The van der Waals surface area contributed by atoms with Gasteiger partial charge in [-0.1, -0.05) is 24.9 Å². The van der Waals surface area contributed by atoms with Crippen molar-refractivity contribution < 1.29 is 9.13 Å². The van der Waals surface area contributed by atoms with E-state index in [1.165, 1.54) is 24.5 Å². The number of nitrogens with one attached hydrogen (secondary N) is 1. The van der Waals surface area contributed by atoms with Crippen molar-refractivity contribution in [2.45, 2.75) is 19.8 Å². The molecule has 0 bridgehead atoms. The molecule has 3 N–H and O–H groups in total. The zero-order valence-electron chi connectivity index (χ0n) is 10.9. The fraction of sp³-hybridized carbons (Fsp3) is 0.231. The summed E-state index contributed by atoms with van der Waals surface area (Å²) >= 11 is 5.93.